The van der Waals surface area contributed by atoms with Gasteiger partial charge in [0.25, 0.3) is 17.5 Å². The van der Waals surface area contributed by atoms with Crippen molar-refractivity contribution in [3.05, 3.63) is 53.3 Å². The first kappa shape index (κ1) is 26.7. The summed E-state index contributed by atoms with van der Waals surface area (Å²) in [7, 11) is 0. The summed E-state index contributed by atoms with van der Waals surface area (Å²) in [5.74, 6) is -3.09. The smallest absolute Gasteiger partial charge is 0.343 e. The number of para-hydroxylation sites is 1. The van der Waals surface area contributed by atoms with Crippen LogP contribution in [0.25, 0.3) is 0 Å². The van der Waals surface area contributed by atoms with E-state index in [2.05, 4.69) is 50.0 Å². The monoisotopic (exact) mass is 565 g/mol. The zero-order chi connectivity index (χ0) is 29.2. The molecule has 1 saturated heterocycles. The highest BCUT2D eigenvalue weighted by Gasteiger charge is 2.76. The van der Waals surface area contributed by atoms with Crippen molar-refractivity contribution in [3.63, 3.8) is 0 Å². The van der Waals surface area contributed by atoms with Gasteiger partial charge < -0.3 is 31.3 Å². The van der Waals surface area contributed by atoms with E-state index in [1.807, 2.05) is 6.07 Å². The van der Waals surface area contributed by atoms with Gasteiger partial charge in [-0.05, 0) is 30.0 Å². The van der Waals surface area contributed by atoms with E-state index in [0.717, 1.165) is 12.0 Å². The third kappa shape index (κ3) is 4.02. The Morgan fingerprint density at radius 2 is 2.02 bits per heavy atom. The SMILES string of the molecule is CC1(C)CCOc2c(C(=O)NC3CN4C(N)=N[C@@H](CNC(=O)c5cccnn5)[C@@H]5[NH+]=C(N)N[C@@]54C3(O)O)cccc21. The molecule has 2 aromatic rings. The maximum atomic E-state index is 13.6. The van der Waals surface area contributed by atoms with Gasteiger partial charge in [-0.1, -0.05) is 26.0 Å². The molecule has 15 heteroatoms. The normalized spacial score (nSPS) is 28.6. The Labute approximate surface area is 235 Å². The lowest BCUT2D eigenvalue weighted by molar-refractivity contribution is -0.521. The molecular weight excluding hydrogens is 532 g/mol. The maximum absolute atomic E-state index is 13.6. The predicted octanol–water partition coefficient (Wildman–Crippen LogP) is -4.18. The average Bonchev–Trinajstić information content (AvgIpc) is 3.41. The fraction of sp³-hybridized carbons (Fsp3) is 0.462. The summed E-state index contributed by atoms with van der Waals surface area (Å²) in [6, 6.07) is 5.60. The number of rotatable bonds is 5. The van der Waals surface area contributed by atoms with Gasteiger partial charge in [-0.15, -0.1) is 5.10 Å². The number of hydrogen-bond donors (Lipinski definition) is 8. The van der Waals surface area contributed by atoms with E-state index in [1.165, 1.54) is 17.2 Å². The molecule has 0 radical (unpaired) electrons. The fourth-order valence-electron chi connectivity index (χ4n) is 6.23. The van der Waals surface area contributed by atoms with Crippen LogP contribution in [0.4, 0.5) is 0 Å². The standard InChI is InChI=1S/C26H32N10O5/c1-24(2)8-10-41-18-13(5-3-6-14(18)24)20(37)32-17-12-36-23(28)31-16(11-29-21(38)15-7-4-9-30-35-15)19-25(36,26(17,39)40)34-22(27)33-19/h3-7,9,16-17,19,39-40H,8,10-12H2,1-2H3,(H2,28,31)(H,29,38)(H,32,37)(H3,27,33,34)/p+1/t16-,17?,19-,25-/m0/s1. The largest absolute Gasteiger partial charge is 0.492 e. The number of fused-ring (bicyclic) bond motifs is 1. The Bertz CT molecular complexity index is 1460. The number of nitrogens with one attached hydrogen (secondary N) is 4. The van der Waals surface area contributed by atoms with Gasteiger partial charge in [0.15, 0.2) is 17.7 Å². The number of benzene rings is 1. The number of aliphatic imine (C=N–C) groups is 1. The van der Waals surface area contributed by atoms with Crippen molar-refractivity contribution in [2.75, 3.05) is 19.7 Å². The van der Waals surface area contributed by atoms with Gasteiger partial charge in [0, 0.05) is 18.3 Å². The molecule has 1 fully saturated rings. The molecule has 41 heavy (non-hydrogen) atoms. The van der Waals surface area contributed by atoms with E-state index < -0.39 is 41.4 Å². The molecule has 2 amide bonds. The number of carbonyl (C=O) groups excluding carboxylic acids is 2. The average molecular weight is 566 g/mol. The lowest BCUT2D eigenvalue weighted by Crippen LogP contribution is -2.90. The number of hydrogen-bond acceptors (Lipinski definition) is 12. The van der Waals surface area contributed by atoms with Gasteiger partial charge in [0.1, 0.15) is 17.8 Å². The molecule has 216 valence electrons. The summed E-state index contributed by atoms with van der Waals surface area (Å²) >= 11 is 0. The number of aliphatic hydroxyl groups is 2. The van der Waals surface area contributed by atoms with Crippen LogP contribution in [0.15, 0.2) is 41.5 Å². The van der Waals surface area contributed by atoms with Crippen LogP contribution in [-0.4, -0.2) is 98.3 Å². The molecule has 4 aliphatic rings. The second-order valence-corrected chi connectivity index (χ2v) is 11.3. The van der Waals surface area contributed by atoms with Crippen LogP contribution in [-0.2, 0) is 5.41 Å². The summed E-state index contributed by atoms with van der Waals surface area (Å²) in [5, 5.41) is 39.4. The minimum absolute atomic E-state index is 0.0181. The molecule has 1 unspecified atom stereocenters. The van der Waals surface area contributed by atoms with Gasteiger partial charge in [-0.3, -0.25) is 25.2 Å². The maximum Gasteiger partial charge on any atom is 0.343 e. The summed E-state index contributed by atoms with van der Waals surface area (Å²) in [6.45, 7) is 4.51. The number of nitrogens with two attached hydrogens (primary N) is 2. The predicted molar refractivity (Wildman–Crippen MR) is 144 cm³/mol. The minimum atomic E-state index is -2.59. The van der Waals surface area contributed by atoms with Crippen molar-refractivity contribution >= 4 is 23.7 Å². The van der Waals surface area contributed by atoms with Crippen LogP contribution in [0.5, 0.6) is 5.75 Å². The molecule has 4 atom stereocenters. The van der Waals surface area contributed by atoms with Crippen molar-refractivity contribution < 1.29 is 29.5 Å². The molecule has 0 bridgehead atoms. The molecule has 1 spiro atoms. The Morgan fingerprint density at radius 3 is 2.78 bits per heavy atom. The van der Waals surface area contributed by atoms with Crippen LogP contribution >= 0.6 is 0 Å². The van der Waals surface area contributed by atoms with Crippen LogP contribution in [0, 0.1) is 0 Å². The lowest BCUT2D eigenvalue weighted by atomic mass is 9.79. The highest BCUT2D eigenvalue weighted by molar-refractivity contribution is 5.98. The number of carbonyl (C=O) groups is 2. The molecule has 4 aliphatic heterocycles. The minimum Gasteiger partial charge on any atom is -0.492 e. The zero-order valence-electron chi connectivity index (χ0n) is 22.6. The first-order valence-electron chi connectivity index (χ1n) is 13.3. The van der Waals surface area contributed by atoms with E-state index in [4.69, 9.17) is 16.2 Å². The molecule has 1 aromatic carbocycles. The number of amides is 2. The molecule has 10 N–H and O–H groups in total. The van der Waals surface area contributed by atoms with E-state index >= 15 is 0 Å². The van der Waals surface area contributed by atoms with Gasteiger partial charge in [-0.25, -0.2) is 10.3 Å². The number of ether oxygens (including phenoxy) is 1. The van der Waals surface area contributed by atoms with Crippen molar-refractivity contribution in [2.45, 2.75) is 55.3 Å². The molecular formula is C26H33N10O5+. The zero-order valence-corrected chi connectivity index (χ0v) is 22.6. The molecule has 0 saturated carbocycles. The summed E-state index contributed by atoms with van der Waals surface area (Å²) < 4.78 is 5.89. The second-order valence-electron chi connectivity index (χ2n) is 11.3. The third-order valence-corrected chi connectivity index (χ3v) is 8.43. The summed E-state index contributed by atoms with van der Waals surface area (Å²) in [6.07, 6.45) is 2.25. The van der Waals surface area contributed by atoms with Crippen molar-refractivity contribution in [2.24, 2.45) is 16.5 Å². The van der Waals surface area contributed by atoms with Crippen LogP contribution in [0.3, 0.4) is 0 Å². The number of guanidine groups is 2. The number of aromatic nitrogens is 2. The topological polar surface area (TPSA) is 227 Å². The van der Waals surface area contributed by atoms with Crippen LogP contribution < -0.4 is 37.1 Å². The second kappa shape index (κ2) is 9.27. The van der Waals surface area contributed by atoms with E-state index in [9.17, 15) is 19.8 Å². The molecule has 5 heterocycles. The van der Waals surface area contributed by atoms with Crippen molar-refractivity contribution in [3.8, 4) is 5.75 Å². The summed E-state index contributed by atoms with van der Waals surface area (Å²) in [4.78, 5) is 35.2. The van der Waals surface area contributed by atoms with Gasteiger partial charge in [-0.2, -0.15) is 5.10 Å². The summed E-state index contributed by atoms with van der Waals surface area (Å²) in [5.41, 5.74) is 11.9. The van der Waals surface area contributed by atoms with E-state index in [0.29, 0.717) is 17.9 Å². The molecule has 1 aromatic heterocycles. The van der Waals surface area contributed by atoms with Gasteiger partial charge >= 0.3 is 5.96 Å². The van der Waals surface area contributed by atoms with Gasteiger partial charge in [0.05, 0.1) is 18.7 Å². The van der Waals surface area contributed by atoms with Crippen molar-refractivity contribution in [1.82, 2.24) is 31.0 Å². The third-order valence-electron chi connectivity index (χ3n) is 8.43. The van der Waals surface area contributed by atoms with Crippen LogP contribution in [0.1, 0.15) is 46.7 Å². The Morgan fingerprint density at radius 1 is 1.22 bits per heavy atom. The van der Waals surface area contributed by atoms with Gasteiger partial charge in [0.2, 0.25) is 5.79 Å². The number of nitrogens with zero attached hydrogens (tertiary/aromatic N) is 4. The van der Waals surface area contributed by atoms with Crippen molar-refractivity contribution in [1.29, 1.82) is 0 Å². The highest BCUT2D eigenvalue weighted by atomic mass is 16.5. The Kier molecular flexibility index (Phi) is 6.04. The Hall–Kier alpha value is -4.50. The highest BCUT2D eigenvalue weighted by Crippen LogP contribution is 2.43. The van der Waals surface area contributed by atoms with Crippen LogP contribution in [0.2, 0.25) is 0 Å². The van der Waals surface area contributed by atoms with E-state index in [-0.39, 0.29) is 36.1 Å². The van der Waals surface area contributed by atoms with E-state index in [1.54, 1.807) is 18.2 Å². The first-order valence-corrected chi connectivity index (χ1v) is 13.3. The first-order chi connectivity index (χ1) is 19.5. The molecule has 0 aliphatic carbocycles. The Balaban J connectivity index is 1.27. The fourth-order valence-corrected chi connectivity index (χ4v) is 6.23. The molecule has 6 rings (SSSR count). The quantitative estimate of drug-likeness (QED) is 0.162. The molecule has 15 nitrogen and oxygen atoms in total. The lowest BCUT2D eigenvalue weighted by Gasteiger charge is -2.46.